The number of benzene rings is 1. The molecule has 0 radical (unpaired) electrons. The SMILES string of the molecule is COCCN(Cc1cccnc1)[C@H](Cc1ccccc1)C1CCN(C(=O)c2cnn3cccnc23)CC1. The Kier molecular flexibility index (Phi) is 8.18. The molecule has 1 aliphatic rings. The molecule has 5 rings (SSSR count). The molecule has 192 valence electrons. The number of nitrogens with zero attached hydrogens (tertiary/aromatic N) is 6. The molecule has 0 aliphatic carbocycles. The average molecular weight is 499 g/mol. The van der Waals surface area contributed by atoms with Gasteiger partial charge in [0.1, 0.15) is 5.56 Å². The standard InChI is InChI=1S/C29H34N6O2/c1-37-18-17-34(22-24-9-5-12-30-20-24)27(19-23-7-3-2-4-8-23)25-10-15-33(16-11-25)29(36)26-21-32-35-14-6-13-31-28(26)35/h2-9,12-14,20-21,25,27H,10-11,15-19,22H2,1H3/t27-/m1/s1. The number of rotatable bonds is 10. The number of hydrogen-bond acceptors (Lipinski definition) is 6. The predicted molar refractivity (Wildman–Crippen MR) is 142 cm³/mol. The van der Waals surface area contributed by atoms with Crippen molar-refractivity contribution in [3.8, 4) is 0 Å². The average Bonchev–Trinajstić information content (AvgIpc) is 3.39. The lowest BCUT2D eigenvalue weighted by atomic mass is 9.84. The van der Waals surface area contributed by atoms with Gasteiger partial charge in [-0.05, 0) is 48.4 Å². The van der Waals surface area contributed by atoms with Crippen LogP contribution in [0, 0.1) is 5.92 Å². The molecule has 0 unspecified atom stereocenters. The Balaban J connectivity index is 1.33. The number of pyridine rings is 1. The quantitative estimate of drug-likeness (QED) is 0.332. The molecule has 1 aliphatic heterocycles. The molecule has 1 fully saturated rings. The highest BCUT2D eigenvalue weighted by Gasteiger charge is 2.33. The van der Waals surface area contributed by atoms with E-state index in [-0.39, 0.29) is 5.91 Å². The van der Waals surface area contributed by atoms with Gasteiger partial charge in [0.2, 0.25) is 0 Å². The van der Waals surface area contributed by atoms with Crippen molar-refractivity contribution in [2.45, 2.75) is 31.8 Å². The summed E-state index contributed by atoms with van der Waals surface area (Å²) in [4.78, 5) is 26.6. The normalized spacial score (nSPS) is 15.4. The summed E-state index contributed by atoms with van der Waals surface area (Å²) < 4.78 is 7.15. The van der Waals surface area contributed by atoms with Crippen LogP contribution in [0.25, 0.3) is 5.65 Å². The second kappa shape index (κ2) is 12.1. The van der Waals surface area contributed by atoms with E-state index in [1.807, 2.05) is 35.6 Å². The summed E-state index contributed by atoms with van der Waals surface area (Å²) in [5.74, 6) is 0.471. The molecule has 1 saturated heterocycles. The maximum Gasteiger partial charge on any atom is 0.259 e. The van der Waals surface area contributed by atoms with Gasteiger partial charge in [0, 0.05) is 64.1 Å². The third-order valence-corrected chi connectivity index (χ3v) is 7.33. The van der Waals surface area contributed by atoms with Gasteiger partial charge in [0.15, 0.2) is 5.65 Å². The smallest absolute Gasteiger partial charge is 0.259 e. The van der Waals surface area contributed by atoms with E-state index in [4.69, 9.17) is 4.74 Å². The molecule has 4 heterocycles. The monoisotopic (exact) mass is 498 g/mol. The number of amides is 1. The molecule has 0 saturated carbocycles. The van der Waals surface area contributed by atoms with Crippen molar-refractivity contribution in [2.24, 2.45) is 5.92 Å². The van der Waals surface area contributed by atoms with Crippen molar-refractivity contribution in [1.29, 1.82) is 0 Å². The number of hydrogen-bond donors (Lipinski definition) is 0. The molecule has 1 amide bonds. The molecule has 1 aromatic carbocycles. The molecule has 8 nitrogen and oxygen atoms in total. The lowest BCUT2D eigenvalue weighted by Gasteiger charge is -2.41. The maximum absolute atomic E-state index is 13.4. The van der Waals surface area contributed by atoms with Crippen LogP contribution in [-0.2, 0) is 17.7 Å². The number of carbonyl (C=O) groups is 1. The minimum absolute atomic E-state index is 0.0124. The molecule has 3 aromatic heterocycles. The zero-order valence-electron chi connectivity index (χ0n) is 21.3. The van der Waals surface area contributed by atoms with E-state index < -0.39 is 0 Å². The van der Waals surface area contributed by atoms with E-state index in [0.717, 1.165) is 45.4 Å². The fourth-order valence-electron chi connectivity index (χ4n) is 5.38. The first-order chi connectivity index (χ1) is 18.2. The predicted octanol–water partition coefficient (Wildman–Crippen LogP) is 3.74. The van der Waals surface area contributed by atoms with E-state index in [9.17, 15) is 4.79 Å². The summed E-state index contributed by atoms with van der Waals surface area (Å²) >= 11 is 0. The summed E-state index contributed by atoms with van der Waals surface area (Å²) in [6.45, 7) is 3.79. The van der Waals surface area contributed by atoms with Crippen LogP contribution >= 0.6 is 0 Å². The Bertz CT molecular complexity index is 1270. The maximum atomic E-state index is 13.4. The molecule has 1 atom stereocenters. The van der Waals surface area contributed by atoms with Gasteiger partial charge in [-0.15, -0.1) is 0 Å². The number of carbonyl (C=O) groups excluding carboxylic acids is 1. The van der Waals surface area contributed by atoms with Crippen molar-refractivity contribution in [3.05, 3.63) is 96.2 Å². The van der Waals surface area contributed by atoms with Crippen molar-refractivity contribution >= 4 is 11.6 Å². The largest absolute Gasteiger partial charge is 0.383 e. The molecule has 8 heteroatoms. The molecule has 0 bridgehead atoms. The van der Waals surface area contributed by atoms with Gasteiger partial charge in [-0.2, -0.15) is 5.10 Å². The van der Waals surface area contributed by atoms with E-state index in [0.29, 0.717) is 29.8 Å². The highest BCUT2D eigenvalue weighted by molar-refractivity contribution is 5.99. The van der Waals surface area contributed by atoms with Crippen LogP contribution < -0.4 is 0 Å². The fraction of sp³-hybridized carbons (Fsp3) is 0.379. The van der Waals surface area contributed by atoms with Crippen LogP contribution in [-0.4, -0.2) is 74.7 Å². The second-order valence-electron chi connectivity index (χ2n) is 9.66. The Morgan fingerprint density at radius 2 is 1.86 bits per heavy atom. The minimum Gasteiger partial charge on any atom is -0.383 e. The zero-order valence-corrected chi connectivity index (χ0v) is 21.3. The van der Waals surface area contributed by atoms with Crippen LogP contribution in [0.15, 0.2) is 79.5 Å². The molecular weight excluding hydrogens is 464 g/mol. The third-order valence-electron chi connectivity index (χ3n) is 7.33. The van der Waals surface area contributed by atoms with E-state index in [1.54, 1.807) is 24.0 Å². The van der Waals surface area contributed by atoms with Crippen molar-refractivity contribution < 1.29 is 9.53 Å². The second-order valence-corrected chi connectivity index (χ2v) is 9.66. The number of fused-ring (bicyclic) bond motifs is 1. The first-order valence-corrected chi connectivity index (χ1v) is 13.0. The van der Waals surface area contributed by atoms with Gasteiger partial charge in [0.05, 0.1) is 12.8 Å². The molecule has 4 aromatic rings. The highest BCUT2D eigenvalue weighted by atomic mass is 16.5. The Hall–Kier alpha value is -3.62. The van der Waals surface area contributed by atoms with Crippen LogP contribution in [0.5, 0.6) is 0 Å². The highest BCUT2D eigenvalue weighted by Crippen LogP contribution is 2.29. The summed E-state index contributed by atoms with van der Waals surface area (Å²) in [5, 5.41) is 4.30. The van der Waals surface area contributed by atoms with Crippen molar-refractivity contribution in [2.75, 3.05) is 33.4 Å². The Labute approximate surface area is 217 Å². The first kappa shape index (κ1) is 25.0. The summed E-state index contributed by atoms with van der Waals surface area (Å²) in [6.07, 6.45) is 11.8. The molecule has 0 spiro atoms. The molecule has 0 N–H and O–H groups in total. The summed E-state index contributed by atoms with van der Waals surface area (Å²) in [5.41, 5.74) is 3.71. The van der Waals surface area contributed by atoms with Gasteiger partial charge >= 0.3 is 0 Å². The number of methoxy groups -OCH3 is 1. The van der Waals surface area contributed by atoms with Gasteiger partial charge in [-0.1, -0.05) is 36.4 Å². The van der Waals surface area contributed by atoms with E-state index >= 15 is 0 Å². The fourth-order valence-corrected chi connectivity index (χ4v) is 5.38. The summed E-state index contributed by atoms with van der Waals surface area (Å²) in [6, 6.07) is 17.0. The molecular formula is C29H34N6O2. The van der Waals surface area contributed by atoms with E-state index in [2.05, 4.69) is 56.4 Å². The minimum atomic E-state index is 0.0124. The van der Waals surface area contributed by atoms with Crippen LogP contribution in [0.4, 0.5) is 0 Å². The van der Waals surface area contributed by atoms with Gasteiger partial charge in [0.25, 0.3) is 5.91 Å². The van der Waals surface area contributed by atoms with Crippen LogP contribution in [0.3, 0.4) is 0 Å². The first-order valence-electron chi connectivity index (χ1n) is 13.0. The third kappa shape index (κ3) is 6.03. The van der Waals surface area contributed by atoms with Gasteiger partial charge < -0.3 is 9.64 Å². The van der Waals surface area contributed by atoms with Crippen molar-refractivity contribution in [3.63, 3.8) is 0 Å². The van der Waals surface area contributed by atoms with Crippen molar-refractivity contribution in [1.82, 2.24) is 29.4 Å². The van der Waals surface area contributed by atoms with Crippen LogP contribution in [0.2, 0.25) is 0 Å². The van der Waals surface area contributed by atoms with Gasteiger partial charge in [-0.25, -0.2) is 9.50 Å². The zero-order chi connectivity index (χ0) is 25.5. The molecule has 37 heavy (non-hydrogen) atoms. The Morgan fingerprint density at radius 3 is 2.62 bits per heavy atom. The van der Waals surface area contributed by atoms with E-state index in [1.165, 1.54) is 11.1 Å². The van der Waals surface area contributed by atoms with Crippen LogP contribution in [0.1, 0.15) is 34.3 Å². The number of likely N-dealkylation sites (tertiary alicyclic amines) is 1. The topological polar surface area (TPSA) is 75.9 Å². The van der Waals surface area contributed by atoms with Gasteiger partial charge in [-0.3, -0.25) is 14.7 Å². The number of piperidine rings is 1. The number of ether oxygens (including phenoxy) is 1. The Morgan fingerprint density at radius 1 is 1.05 bits per heavy atom. The lowest BCUT2D eigenvalue weighted by molar-refractivity contribution is 0.0486. The number of aromatic nitrogens is 4. The summed E-state index contributed by atoms with van der Waals surface area (Å²) in [7, 11) is 1.76. The lowest BCUT2D eigenvalue weighted by Crippen LogP contribution is -2.48.